The molecule has 4 nitrogen and oxygen atoms in total. The number of carbonyl (C=O) groups is 2. The van der Waals surface area contributed by atoms with Crippen molar-refractivity contribution in [1.29, 1.82) is 0 Å². The molecule has 0 saturated carbocycles. The summed E-state index contributed by atoms with van der Waals surface area (Å²) in [6.45, 7) is 2.36. The van der Waals surface area contributed by atoms with Gasteiger partial charge in [-0.25, -0.2) is 4.79 Å². The molecule has 0 aromatic carbocycles. The molecule has 7 heteroatoms. The van der Waals surface area contributed by atoms with Crippen molar-refractivity contribution in [3.63, 3.8) is 0 Å². The Kier molecular flexibility index (Phi) is 4.13. The third kappa shape index (κ3) is 2.48. The summed E-state index contributed by atoms with van der Waals surface area (Å²) >= 11 is 8.05. The molecule has 1 aliphatic rings. The number of thiophene rings is 1. The van der Waals surface area contributed by atoms with Crippen LogP contribution in [-0.4, -0.2) is 34.5 Å². The lowest BCUT2D eigenvalue weighted by atomic mass is 10.0. The average Bonchev–Trinajstić information content (AvgIpc) is 2.80. The van der Waals surface area contributed by atoms with Crippen molar-refractivity contribution in [2.45, 2.75) is 19.4 Å². The number of amides is 1. The van der Waals surface area contributed by atoms with Gasteiger partial charge in [-0.3, -0.25) is 4.79 Å². The molecule has 2 rings (SSSR count). The van der Waals surface area contributed by atoms with Gasteiger partial charge in [-0.05, 0) is 50.3 Å². The highest BCUT2D eigenvalue weighted by molar-refractivity contribution is 9.12. The van der Waals surface area contributed by atoms with Crippen LogP contribution in [0, 0.1) is 5.92 Å². The molecule has 1 saturated heterocycles. The van der Waals surface area contributed by atoms with Crippen LogP contribution in [0.2, 0.25) is 0 Å². The lowest BCUT2D eigenvalue weighted by molar-refractivity contribution is -0.142. The maximum Gasteiger partial charge on any atom is 0.326 e. The maximum atomic E-state index is 12.4. The van der Waals surface area contributed by atoms with Gasteiger partial charge in [-0.1, -0.05) is 6.92 Å². The maximum absolute atomic E-state index is 12.4. The van der Waals surface area contributed by atoms with E-state index in [0.29, 0.717) is 12.1 Å². The Morgan fingerprint density at radius 3 is 2.67 bits per heavy atom. The molecule has 2 heterocycles. The zero-order chi connectivity index (χ0) is 13.4. The zero-order valence-electron chi connectivity index (χ0n) is 9.52. The zero-order valence-corrected chi connectivity index (χ0v) is 13.5. The lowest BCUT2D eigenvalue weighted by Crippen LogP contribution is -2.42. The summed E-state index contributed by atoms with van der Waals surface area (Å²) in [6.07, 6.45) is 0.728. The Bertz CT molecular complexity index is 502. The van der Waals surface area contributed by atoms with Gasteiger partial charge in [0.05, 0.1) is 13.1 Å². The standard InChI is InChI=1S/C11H11Br2NO3S/c1-5-2-3-14(8(5)11(16)17)10(15)6-4-7(12)18-9(6)13/h4-5,8H,2-3H2,1H3,(H,16,17). The van der Waals surface area contributed by atoms with Gasteiger partial charge in [0.1, 0.15) is 6.04 Å². The van der Waals surface area contributed by atoms with E-state index in [0.717, 1.165) is 14.0 Å². The molecular weight excluding hydrogens is 386 g/mol. The van der Waals surface area contributed by atoms with Gasteiger partial charge < -0.3 is 10.0 Å². The van der Waals surface area contributed by atoms with Gasteiger partial charge in [-0.15, -0.1) is 11.3 Å². The number of carboxylic acid groups (broad SMARTS) is 1. The Hall–Kier alpha value is -0.400. The van der Waals surface area contributed by atoms with Crippen LogP contribution in [0.3, 0.4) is 0 Å². The fourth-order valence-corrected chi connectivity index (χ4v) is 4.97. The number of carbonyl (C=O) groups excluding carboxylic acids is 1. The molecule has 1 fully saturated rings. The van der Waals surface area contributed by atoms with Crippen LogP contribution < -0.4 is 0 Å². The number of carboxylic acids is 1. The number of hydrogen-bond acceptors (Lipinski definition) is 3. The van der Waals surface area contributed by atoms with E-state index in [9.17, 15) is 14.7 Å². The van der Waals surface area contributed by atoms with E-state index in [1.807, 2.05) is 6.92 Å². The number of aliphatic carboxylic acids is 1. The highest BCUT2D eigenvalue weighted by atomic mass is 79.9. The molecule has 1 N–H and O–H groups in total. The van der Waals surface area contributed by atoms with Crippen LogP contribution in [-0.2, 0) is 4.79 Å². The quantitative estimate of drug-likeness (QED) is 0.834. The van der Waals surface area contributed by atoms with E-state index in [1.165, 1.54) is 16.2 Å². The van der Waals surface area contributed by atoms with E-state index in [1.54, 1.807) is 6.07 Å². The van der Waals surface area contributed by atoms with Crippen molar-refractivity contribution >= 4 is 55.1 Å². The fraction of sp³-hybridized carbons (Fsp3) is 0.455. The predicted molar refractivity (Wildman–Crippen MR) is 76.0 cm³/mol. The molecule has 1 aromatic rings. The van der Waals surface area contributed by atoms with E-state index in [4.69, 9.17) is 0 Å². The van der Waals surface area contributed by atoms with Crippen LogP contribution in [0.25, 0.3) is 0 Å². The van der Waals surface area contributed by atoms with E-state index in [-0.39, 0.29) is 11.8 Å². The number of likely N-dealkylation sites (tertiary alicyclic amines) is 1. The summed E-state index contributed by atoms with van der Waals surface area (Å²) in [4.78, 5) is 25.0. The average molecular weight is 397 g/mol. The highest BCUT2D eigenvalue weighted by Gasteiger charge is 2.40. The Morgan fingerprint density at radius 2 is 2.17 bits per heavy atom. The second-order valence-electron chi connectivity index (χ2n) is 4.29. The Labute approximate surface area is 125 Å². The molecule has 18 heavy (non-hydrogen) atoms. The minimum absolute atomic E-state index is 0.00713. The highest BCUT2D eigenvalue weighted by Crippen LogP contribution is 2.34. The first-order valence-electron chi connectivity index (χ1n) is 5.40. The van der Waals surface area contributed by atoms with Crippen LogP contribution in [0.4, 0.5) is 0 Å². The summed E-state index contributed by atoms with van der Waals surface area (Å²) in [6, 6.07) is 1.00. The third-order valence-electron chi connectivity index (χ3n) is 3.10. The van der Waals surface area contributed by atoms with Crippen molar-refractivity contribution in [3.8, 4) is 0 Å². The van der Waals surface area contributed by atoms with Gasteiger partial charge >= 0.3 is 5.97 Å². The molecule has 0 bridgehead atoms. The van der Waals surface area contributed by atoms with Gasteiger partial charge in [0, 0.05) is 6.54 Å². The predicted octanol–water partition coefficient (Wildman–Crippen LogP) is 3.21. The lowest BCUT2D eigenvalue weighted by Gasteiger charge is -2.23. The summed E-state index contributed by atoms with van der Waals surface area (Å²) < 4.78 is 1.57. The van der Waals surface area contributed by atoms with E-state index in [2.05, 4.69) is 31.9 Å². The summed E-state index contributed by atoms with van der Waals surface area (Å²) in [5, 5.41) is 9.21. The van der Waals surface area contributed by atoms with Crippen molar-refractivity contribution in [1.82, 2.24) is 4.90 Å². The first kappa shape index (κ1) is 14.0. The smallest absolute Gasteiger partial charge is 0.326 e. The van der Waals surface area contributed by atoms with Crippen LogP contribution in [0.5, 0.6) is 0 Å². The third-order valence-corrected chi connectivity index (χ3v) is 5.44. The normalized spacial score (nSPS) is 23.4. The van der Waals surface area contributed by atoms with Crippen molar-refractivity contribution in [2.24, 2.45) is 5.92 Å². The first-order valence-corrected chi connectivity index (χ1v) is 7.80. The summed E-state index contributed by atoms with van der Waals surface area (Å²) in [7, 11) is 0. The monoisotopic (exact) mass is 395 g/mol. The number of hydrogen-bond donors (Lipinski definition) is 1. The molecular formula is C11H11Br2NO3S. The molecule has 2 atom stereocenters. The van der Waals surface area contributed by atoms with Gasteiger partial charge in [0.15, 0.2) is 0 Å². The second kappa shape index (κ2) is 5.30. The van der Waals surface area contributed by atoms with E-state index >= 15 is 0 Å². The van der Waals surface area contributed by atoms with Crippen molar-refractivity contribution in [3.05, 3.63) is 19.2 Å². The molecule has 98 valence electrons. The largest absolute Gasteiger partial charge is 0.480 e. The Balaban J connectivity index is 2.29. The molecule has 1 aliphatic heterocycles. The molecule has 1 amide bonds. The van der Waals surface area contributed by atoms with Crippen molar-refractivity contribution in [2.75, 3.05) is 6.54 Å². The minimum atomic E-state index is -0.932. The van der Waals surface area contributed by atoms with Gasteiger partial charge in [-0.2, -0.15) is 0 Å². The number of rotatable bonds is 2. The van der Waals surface area contributed by atoms with Crippen LogP contribution in [0.15, 0.2) is 13.6 Å². The molecule has 2 unspecified atom stereocenters. The molecule has 0 aliphatic carbocycles. The first-order chi connectivity index (χ1) is 8.41. The topological polar surface area (TPSA) is 57.6 Å². The Morgan fingerprint density at radius 1 is 1.50 bits per heavy atom. The van der Waals surface area contributed by atoms with Gasteiger partial charge in [0.25, 0.3) is 5.91 Å². The molecule has 1 aromatic heterocycles. The summed E-state index contributed by atoms with van der Waals surface area (Å²) in [5.74, 6) is -1.16. The SMILES string of the molecule is CC1CCN(C(=O)c2cc(Br)sc2Br)C1C(=O)O. The number of halogens is 2. The van der Waals surface area contributed by atoms with Gasteiger partial charge in [0.2, 0.25) is 0 Å². The van der Waals surface area contributed by atoms with Crippen molar-refractivity contribution < 1.29 is 14.7 Å². The number of nitrogens with zero attached hydrogens (tertiary/aromatic N) is 1. The second-order valence-corrected chi connectivity index (χ2v) is 8.03. The minimum Gasteiger partial charge on any atom is -0.480 e. The fourth-order valence-electron chi connectivity index (χ4n) is 2.19. The molecule has 0 spiro atoms. The molecule has 0 radical (unpaired) electrons. The summed E-state index contributed by atoms with van der Waals surface area (Å²) in [5.41, 5.74) is 0.521. The van der Waals surface area contributed by atoms with Crippen LogP contribution >= 0.6 is 43.2 Å². The van der Waals surface area contributed by atoms with Crippen LogP contribution in [0.1, 0.15) is 23.7 Å². The van der Waals surface area contributed by atoms with E-state index < -0.39 is 12.0 Å².